The topological polar surface area (TPSA) is 58.6 Å². The molecule has 0 bridgehead atoms. The minimum atomic E-state index is -0.702. The fraction of sp³-hybridized carbons (Fsp3) is 0.355. The Balaban J connectivity index is 1.86. The summed E-state index contributed by atoms with van der Waals surface area (Å²) < 4.78 is 5.89. The minimum Gasteiger partial charge on any atom is -0.484 e. The number of ether oxygens (including phenoxy) is 1. The van der Waals surface area contributed by atoms with Gasteiger partial charge in [-0.1, -0.05) is 93.9 Å². The number of rotatable bonds is 11. The van der Waals surface area contributed by atoms with Crippen LogP contribution in [0.2, 0.25) is 5.02 Å². The van der Waals surface area contributed by atoms with E-state index in [1.165, 1.54) is 5.56 Å². The van der Waals surface area contributed by atoms with Crippen molar-refractivity contribution >= 4 is 23.4 Å². The van der Waals surface area contributed by atoms with Gasteiger partial charge in [-0.25, -0.2) is 0 Å². The molecule has 5 nitrogen and oxygen atoms in total. The third-order valence-electron chi connectivity index (χ3n) is 6.14. The van der Waals surface area contributed by atoms with Gasteiger partial charge >= 0.3 is 0 Å². The molecule has 37 heavy (non-hydrogen) atoms. The van der Waals surface area contributed by atoms with Gasteiger partial charge in [0, 0.05) is 24.5 Å². The Bertz CT molecular complexity index is 1160. The molecule has 0 heterocycles. The van der Waals surface area contributed by atoms with Crippen molar-refractivity contribution in [3.63, 3.8) is 0 Å². The number of carbonyl (C=O) groups excluding carboxylic acids is 2. The lowest BCUT2D eigenvalue weighted by Crippen LogP contribution is -2.51. The maximum atomic E-state index is 13.6. The Labute approximate surface area is 225 Å². The second-order valence-electron chi connectivity index (χ2n) is 10.2. The van der Waals surface area contributed by atoms with Gasteiger partial charge in [0.05, 0.1) is 0 Å². The molecular weight excluding hydrogens is 484 g/mol. The van der Waals surface area contributed by atoms with Gasteiger partial charge in [-0.05, 0) is 52.8 Å². The molecule has 0 spiro atoms. The van der Waals surface area contributed by atoms with E-state index >= 15 is 0 Å². The molecule has 6 heteroatoms. The first kappa shape index (κ1) is 28.3. The summed E-state index contributed by atoms with van der Waals surface area (Å²) in [5.74, 6) is 0.155. The third kappa shape index (κ3) is 8.64. The second-order valence-corrected chi connectivity index (χ2v) is 10.6. The van der Waals surface area contributed by atoms with E-state index in [-0.39, 0.29) is 30.4 Å². The molecule has 196 valence electrons. The first-order valence-electron chi connectivity index (χ1n) is 12.8. The molecule has 0 aliphatic heterocycles. The Morgan fingerprint density at radius 3 is 2.24 bits per heavy atom. The van der Waals surface area contributed by atoms with E-state index in [4.69, 9.17) is 16.3 Å². The van der Waals surface area contributed by atoms with E-state index in [0.29, 0.717) is 23.7 Å². The van der Waals surface area contributed by atoms with Crippen molar-refractivity contribution in [2.24, 2.45) is 0 Å². The Hall–Kier alpha value is -3.31. The Kier molecular flexibility index (Phi) is 10.2. The van der Waals surface area contributed by atoms with Crippen LogP contribution in [0.15, 0.2) is 78.9 Å². The highest BCUT2D eigenvalue weighted by Crippen LogP contribution is 2.24. The van der Waals surface area contributed by atoms with Gasteiger partial charge in [0.25, 0.3) is 5.91 Å². The maximum Gasteiger partial charge on any atom is 0.261 e. The molecule has 1 N–H and O–H groups in total. The molecule has 0 radical (unpaired) electrons. The molecule has 0 aliphatic carbocycles. The summed E-state index contributed by atoms with van der Waals surface area (Å²) in [6.45, 7) is 9.05. The van der Waals surface area contributed by atoms with Crippen LogP contribution in [0, 0.1) is 0 Å². The molecule has 2 amide bonds. The van der Waals surface area contributed by atoms with Gasteiger partial charge in [0.2, 0.25) is 5.91 Å². The highest BCUT2D eigenvalue weighted by Gasteiger charge is 2.30. The smallest absolute Gasteiger partial charge is 0.261 e. The predicted octanol–water partition coefficient (Wildman–Crippen LogP) is 6.18. The molecule has 0 fully saturated rings. The van der Waals surface area contributed by atoms with Crippen molar-refractivity contribution < 1.29 is 14.3 Å². The van der Waals surface area contributed by atoms with Crippen molar-refractivity contribution in [2.75, 3.05) is 13.2 Å². The SMILES string of the molecule is CCCNC(=O)[C@H](Cc1ccccc1)N(Cc1cccc(Cl)c1)C(=O)COc1ccc(C(C)(C)C)cc1. The Morgan fingerprint density at radius 2 is 1.62 bits per heavy atom. The van der Waals surface area contributed by atoms with Crippen LogP contribution in [0.4, 0.5) is 0 Å². The van der Waals surface area contributed by atoms with Crippen LogP contribution >= 0.6 is 11.6 Å². The molecule has 1 atom stereocenters. The zero-order chi connectivity index (χ0) is 26.8. The third-order valence-corrected chi connectivity index (χ3v) is 6.38. The van der Waals surface area contributed by atoms with E-state index in [1.54, 1.807) is 11.0 Å². The monoisotopic (exact) mass is 520 g/mol. The number of nitrogens with zero attached hydrogens (tertiary/aromatic N) is 1. The normalized spacial score (nSPS) is 12.0. The second kappa shape index (κ2) is 13.3. The lowest BCUT2D eigenvalue weighted by Gasteiger charge is -2.31. The van der Waals surface area contributed by atoms with Gasteiger partial charge in [-0.2, -0.15) is 0 Å². The van der Waals surface area contributed by atoms with Gasteiger partial charge in [-0.3, -0.25) is 9.59 Å². The fourth-order valence-corrected chi connectivity index (χ4v) is 4.24. The molecule has 0 unspecified atom stereocenters. The maximum absolute atomic E-state index is 13.6. The van der Waals surface area contributed by atoms with Crippen molar-refractivity contribution in [1.29, 1.82) is 0 Å². The summed E-state index contributed by atoms with van der Waals surface area (Å²) >= 11 is 6.23. The summed E-state index contributed by atoms with van der Waals surface area (Å²) in [7, 11) is 0. The standard InChI is InChI=1S/C31H37ClN2O3/c1-5-18-33-30(36)28(20-23-10-7-6-8-11-23)34(21-24-12-9-13-26(32)19-24)29(35)22-37-27-16-14-25(15-17-27)31(2,3)4/h6-17,19,28H,5,18,20-22H2,1-4H3,(H,33,36)/t28-/m0/s1. The average Bonchev–Trinajstić information content (AvgIpc) is 2.88. The van der Waals surface area contributed by atoms with E-state index < -0.39 is 6.04 Å². The number of nitrogens with one attached hydrogen (secondary N) is 1. The zero-order valence-corrected chi connectivity index (χ0v) is 22.9. The van der Waals surface area contributed by atoms with E-state index in [0.717, 1.165) is 17.5 Å². The van der Waals surface area contributed by atoms with Crippen molar-refractivity contribution in [3.8, 4) is 5.75 Å². The van der Waals surface area contributed by atoms with Crippen molar-refractivity contribution in [2.45, 2.75) is 58.5 Å². The first-order valence-corrected chi connectivity index (χ1v) is 13.1. The molecule has 3 aromatic rings. The molecule has 3 rings (SSSR count). The summed E-state index contributed by atoms with van der Waals surface area (Å²) in [5.41, 5.74) is 3.03. The van der Waals surface area contributed by atoms with Gasteiger partial charge in [0.15, 0.2) is 6.61 Å². The Morgan fingerprint density at radius 1 is 0.946 bits per heavy atom. The van der Waals surface area contributed by atoms with Crippen LogP contribution in [0.5, 0.6) is 5.75 Å². The van der Waals surface area contributed by atoms with Crippen LogP contribution in [0.1, 0.15) is 50.8 Å². The van der Waals surface area contributed by atoms with E-state index in [1.807, 2.05) is 79.7 Å². The summed E-state index contributed by atoms with van der Waals surface area (Å²) in [6.07, 6.45) is 1.20. The molecule has 3 aromatic carbocycles. The molecule has 0 saturated carbocycles. The average molecular weight is 521 g/mol. The number of halogens is 1. The fourth-order valence-electron chi connectivity index (χ4n) is 4.03. The molecule has 0 saturated heterocycles. The largest absolute Gasteiger partial charge is 0.484 e. The number of hydrogen-bond donors (Lipinski definition) is 1. The lowest BCUT2D eigenvalue weighted by atomic mass is 9.87. The number of hydrogen-bond acceptors (Lipinski definition) is 3. The van der Waals surface area contributed by atoms with Crippen molar-refractivity contribution in [3.05, 3.63) is 101 Å². The van der Waals surface area contributed by atoms with E-state index in [9.17, 15) is 9.59 Å². The molecular formula is C31H37ClN2O3. The van der Waals surface area contributed by atoms with Crippen molar-refractivity contribution in [1.82, 2.24) is 10.2 Å². The minimum absolute atomic E-state index is 0.0264. The van der Waals surface area contributed by atoms with Crippen LogP contribution in [0.25, 0.3) is 0 Å². The quantitative estimate of drug-likeness (QED) is 0.328. The van der Waals surface area contributed by atoms with Gasteiger partial charge in [0.1, 0.15) is 11.8 Å². The molecule has 0 aromatic heterocycles. The highest BCUT2D eigenvalue weighted by atomic mass is 35.5. The summed E-state index contributed by atoms with van der Waals surface area (Å²) in [6, 6.07) is 24.2. The van der Waals surface area contributed by atoms with Crippen LogP contribution in [-0.2, 0) is 28.0 Å². The number of amides is 2. The number of benzene rings is 3. The first-order chi connectivity index (χ1) is 17.7. The number of carbonyl (C=O) groups is 2. The van der Waals surface area contributed by atoms with Gasteiger partial charge < -0.3 is 15.0 Å². The summed E-state index contributed by atoms with van der Waals surface area (Å²) in [5, 5.41) is 3.56. The summed E-state index contributed by atoms with van der Waals surface area (Å²) in [4.78, 5) is 28.6. The van der Waals surface area contributed by atoms with Crippen LogP contribution in [0.3, 0.4) is 0 Å². The highest BCUT2D eigenvalue weighted by molar-refractivity contribution is 6.30. The van der Waals surface area contributed by atoms with Gasteiger partial charge in [-0.15, -0.1) is 0 Å². The van der Waals surface area contributed by atoms with Crippen LogP contribution < -0.4 is 10.1 Å². The zero-order valence-electron chi connectivity index (χ0n) is 22.2. The molecule has 0 aliphatic rings. The van der Waals surface area contributed by atoms with Crippen LogP contribution in [-0.4, -0.2) is 35.9 Å². The predicted molar refractivity (Wildman–Crippen MR) is 150 cm³/mol. The van der Waals surface area contributed by atoms with E-state index in [2.05, 4.69) is 26.1 Å². The lowest BCUT2D eigenvalue weighted by molar-refractivity contribution is -0.142.